The first-order chi connectivity index (χ1) is 12.2. The molecule has 25 heavy (non-hydrogen) atoms. The van der Waals surface area contributed by atoms with Crippen molar-refractivity contribution < 1.29 is 4.79 Å². The molecule has 0 unspecified atom stereocenters. The minimum absolute atomic E-state index is 0.191. The molecule has 0 saturated heterocycles. The molecule has 0 aliphatic rings. The maximum atomic E-state index is 12.5. The van der Waals surface area contributed by atoms with Gasteiger partial charge in [-0.1, -0.05) is 30.3 Å². The molecule has 2 aromatic carbocycles. The summed E-state index contributed by atoms with van der Waals surface area (Å²) in [6.07, 6.45) is 0. The standard InChI is InChI=1S/C18H16N6O/c1-2-24-17(21-22-23-24)13-7-5-8-14(10-13)19-18(25)16-11-12-6-3-4-9-15(12)20-16/h3-11,20H,2H2,1H3,(H,19,25). The van der Waals surface area contributed by atoms with Crippen molar-refractivity contribution in [3.8, 4) is 11.4 Å². The summed E-state index contributed by atoms with van der Waals surface area (Å²) in [4.78, 5) is 15.6. The van der Waals surface area contributed by atoms with Gasteiger partial charge in [0.1, 0.15) is 5.69 Å². The number of H-pyrrole nitrogens is 1. The number of nitrogens with zero attached hydrogens (tertiary/aromatic N) is 4. The van der Waals surface area contributed by atoms with Crippen molar-refractivity contribution in [1.82, 2.24) is 25.2 Å². The number of anilines is 1. The Morgan fingerprint density at radius 3 is 2.88 bits per heavy atom. The molecule has 0 bridgehead atoms. The highest BCUT2D eigenvalue weighted by Gasteiger charge is 2.12. The first-order valence-corrected chi connectivity index (χ1v) is 8.00. The molecule has 124 valence electrons. The van der Waals surface area contributed by atoms with Crippen LogP contribution >= 0.6 is 0 Å². The summed E-state index contributed by atoms with van der Waals surface area (Å²) < 4.78 is 1.71. The van der Waals surface area contributed by atoms with Gasteiger partial charge in [0, 0.05) is 28.7 Å². The van der Waals surface area contributed by atoms with Gasteiger partial charge in [0.2, 0.25) is 0 Å². The average Bonchev–Trinajstić information content (AvgIpc) is 3.28. The first kappa shape index (κ1) is 15.1. The van der Waals surface area contributed by atoms with E-state index in [9.17, 15) is 4.79 Å². The molecular weight excluding hydrogens is 316 g/mol. The Labute approximate surface area is 143 Å². The SMILES string of the molecule is CCn1nnnc1-c1cccc(NC(=O)c2cc3ccccc3[nH]2)c1. The lowest BCUT2D eigenvalue weighted by Crippen LogP contribution is -2.12. The number of carbonyl (C=O) groups is 1. The van der Waals surface area contributed by atoms with E-state index in [-0.39, 0.29) is 5.91 Å². The molecule has 2 heterocycles. The van der Waals surface area contributed by atoms with Crippen molar-refractivity contribution in [3.63, 3.8) is 0 Å². The zero-order valence-electron chi connectivity index (χ0n) is 13.6. The number of benzene rings is 2. The molecule has 0 radical (unpaired) electrons. The van der Waals surface area contributed by atoms with Crippen molar-refractivity contribution in [2.24, 2.45) is 0 Å². The Balaban J connectivity index is 1.60. The van der Waals surface area contributed by atoms with Crippen LogP contribution < -0.4 is 5.32 Å². The van der Waals surface area contributed by atoms with E-state index in [2.05, 4.69) is 25.8 Å². The monoisotopic (exact) mass is 332 g/mol. The smallest absolute Gasteiger partial charge is 0.272 e. The number of aromatic nitrogens is 5. The van der Waals surface area contributed by atoms with Crippen molar-refractivity contribution in [3.05, 3.63) is 60.3 Å². The normalized spacial score (nSPS) is 10.9. The summed E-state index contributed by atoms with van der Waals surface area (Å²) in [6.45, 7) is 2.65. The van der Waals surface area contributed by atoms with Crippen LogP contribution in [0.5, 0.6) is 0 Å². The molecule has 2 N–H and O–H groups in total. The molecule has 0 spiro atoms. The third-order valence-corrected chi connectivity index (χ3v) is 3.98. The van der Waals surface area contributed by atoms with Gasteiger partial charge >= 0.3 is 0 Å². The second-order valence-electron chi connectivity index (χ2n) is 5.62. The number of amides is 1. The zero-order chi connectivity index (χ0) is 17.2. The molecule has 4 aromatic rings. The van der Waals surface area contributed by atoms with E-state index in [1.54, 1.807) is 4.68 Å². The van der Waals surface area contributed by atoms with Gasteiger partial charge in [0.25, 0.3) is 5.91 Å². The topological polar surface area (TPSA) is 88.5 Å². The summed E-state index contributed by atoms with van der Waals surface area (Å²) >= 11 is 0. The lowest BCUT2D eigenvalue weighted by Gasteiger charge is -2.06. The van der Waals surface area contributed by atoms with Crippen LogP contribution in [0.3, 0.4) is 0 Å². The van der Waals surface area contributed by atoms with Crippen LogP contribution in [0.4, 0.5) is 5.69 Å². The number of carbonyl (C=O) groups excluding carboxylic acids is 1. The van der Waals surface area contributed by atoms with E-state index in [0.717, 1.165) is 16.5 Å². The number of fused-ring (bicyclic) bond motifs is 1. The maximum Gasteiger partial charge on any atom is 0.272 e. The predicted molar refractivity (Wildman–Crippen MR) is 95.2 cm³/mol. The van der Waals surface area contributed by atoms with E-state index in [1.807, 2.05) is 61.5 Å². The fraction of sp³-hybridized carbons (Fsp3) is 0.111. The van der Waals surface area contributed by atoms with E-state index >= 15 is 0 Å². The van der Waals surface area contributed by atoms with Gasteiger partial charge in [0.15, 0.2) is 5.82 Å². The van der Waals surface area contributed by atoms with Gasteiger partial charge in [-0.15, -0.1) is 5.10 Å². The van der Waals surface area contributed by atoms with E-state index < -0.39 is 0 Å². The maximum absolute atomic E-state index is 12.5. The van der Waals surface area contributed by atoms with Gasteiger partial charge in [-0.2, -0.15) is 0 Å². The Hall–Kier alpha value is -3.48. The molecule has 0 aliphatic carbocycles. The lowest BCUT2D eigenvalue weighted by molar-refractivity contribution is 0.102. The van der Waals surface area contributed by atoms with Gasteiger partial charge in [0.05, 0.1) is 0 Å². The van der Waals surface area contributed by atoms with Crippen molar-refractivity contribution >= 4 is 22.5 Å². The highest BCUT2D eigenvalue weighted by Crippen LogP contribution is 2.21. The van der Waals surface area contributed by atoms with Crippen LogP contribution in [0.15, 0.2) is 54.6 Å². The summed E-state index contributed by atoms with van der Waals surface area (Å²) in [7, 11) is 0. The molecule has 7 heteroatoms. The number of rotatable bonds is 4. The summed E-state index contributed by atoms with van der Waals surface area (Å²) in [5, 5.41) is 15.6. The largest absolute Gasteiger partial charge is 0.351 e. The van der Waals surface area contributed by atoms with Crippen LogP contribution in [0, 0.1) is 0 Å². The molecule has 7 nitrogen and oxygen atoms in total. The van der Waals surface area contributed by atoms with Gasteiger partial charge < -0.3 is 10.3 Å². The highest BCUT2D eigenvalue weighted by atomic mass is 16.1. The van der Waals surface area contributed by atoms with Crippen LogP contribution in [-0.2, 0) is 6.54 Å². The number of nitrogens with one attached hydrogen (secondary N) is 2. The molecule has 1 amide bonds. The van der Waals surface area contributed by atoms with Crippen LogP contribution in [-0.4, -0.2) is 31.1 Å². The first-order valence-electron chi connectivity index (χ1n) is 8.00. The van der Waals surface area contributed by atoms with Crippen molar-refractivity contribution in [1.29, 1.82) is 0 Å². The third-order valence-electron chi connectivity index (χ3n) is 3.98. The minimum Gasteiger partial charge on any atom is -0.351 e. The molecule has 2 aromatic heterocycles. The fourth-order valence-corrected chi connectivity index (χ4v) is 2.75. The number of hydrogen-bond donors (Lipinski definition) is 2. The average molecular weight is 332 g/mol. The fourth-order valence-electron chi connectivity index (χ4n) is 2.75. The van der Waals surface area contributed by atoms with Gasteiger partial charge in [-0.25, -0.2) is 4.68 Å². The Morgan fingerprint density at radius 2 is 2.04 bits per heavy atom. The Kier molecular flexibility index (Phi) is 3.74. The minimum atomic E-state index is -0.191. The van der Waals surface area contributed by atoms with E-state index in [4.69, 9.17) is 0 Å². The Morgan fingerprint density at radius 1 is 1.16 bits per heavy atom. The second kappa shape index (κ2) is 6.20. The number of hydrogen-bond acceptors (Lipinski definition) is 4. The summed E-state index contributed by atoms with van der Waals surface area (Å²) in [5.74, 6) is 0.479. The molecular formula is C18H16N6O. The van der Waals surface area contributed by atoms with Gasteiger partial charge in [-0.3, -0.25) is 4.79 Å². The van der Waals surface area contributed by atoms with Crippen molar-refractivity contribution in [2.75, 3.05) is 5.32 Å². The van der Waals surface area contributed by atoms with Crippen LogP contribution in [0.25, 0.3) is 22.3 Å². The number of aryl methyl sites for hydroxylation is 1. The van der Waals surface area contributed by atoms with Gasteiger partial charge in [-0.05, 0) is 41.6 Å². The lowest BCUT2D eigenvalue weighted by atomic mass is 10.2. The third kappa shape index (κ3) is 2.87. The summed E-state index contributed by atoms with van der Waals surface area (Å²) in [6, 6.07) is 17.1. The van der Waals surface area contributed by atoms with Crippen molar-refractivity contribution in [2.45, 2.75) is 13.5 Å². The zero-order valence-corrected chi connectivity index (χ0v) is 13.6. The quantitative estimate of drug-likeness (QED) is 0.601. The predicted octanol–water partition coefficient (Wildman–Crippen LogP) is 3.09. The second-order valence-corrected chi connectivity index (χ2v) is 5.62. The van der Waals surface area contributed by atoms with E-state index in [0.29, 0.717) is 23.8 Å². The number of para-hydroxylation sites is 1. The highest BCUT2D eigenvalue weighted by molar-refractivity contribution is 6.06. The summed E-state index contributed by atoms with van der Waals surface area (Å²) in [5.41, 5.74) is 2.99. The van der Waals surface area contributed by atoms with Crippen LogP contribution in [0.1, 0.15) is 17.4 Å². The molecule has 0 atom stereocenters. The van der Waals surface area contributed by atoms with Crippen LogP contribution in [0.2, 0.25) is 0 Å². The molecule has 0 saturated carbocycles. The molecule has 0 fully saturated rings. The number of tetrazole rings is 1. The van der Waals surface area contributed by atoms with E-state index in [1.165, 1.54) is 0 Å². The molecule has 0 aliphatic heterocycles. The molecule has 4 rings (SSSR count). The number of aromatic amines is 1. The Bertz CT molecular complexity index is 1020.